The maximum atomic E-state index is 13.2. The van der Waals surface area contributed by atoms with Gasteiger partial charge in [-0.3, -0.25) is 9.59 Å². The van der Waals surface area contributed by atoms with Gasteiger partial charge in [0.25, 0.3) is 0 Å². The molecule has 0 aliphatic carbocycles. The van der Waals surface area contributed by atoms with Crippen LogP contribution in [0.25, 0.3) is 0 Å². The molecule has 0 saturated heterocycles. The van der Waals surface area contributed by atoms with Crippen LogP contribution in [0.1, 0.15) is 258 Å². The number of rotatable bonds is 46. The van der Waals surface area contributed by atoms with Gasteiger partial charge < -0.3 is 20.3 Å². The number of amides is 1. The van der Waals surface area contributed by atoms with Gasteiger partial charge in [0.15, 0.2) is 0 Å². The number of nitrogens with one attached hydrogen (secondary N) is 1. The number of carbonyl (C=O) groups excluding carboxylic acids is 2. The van der Waals surface area contributed by atoms with Crippen molar-refractivity contribution in [3.05, 3.63) is 48.6 Å². The summed E-state index contributed by atoms with van der Waals surface area (Å²) >= 11 is 0. The van der Waals surface area contributed by atoms with Crippen molar-refractivity contribution in [3.63, 3.8) is 0 Å². The fourth-order valence-corrected chi connectivity index (χ4v) is 7.77. The number of hydrogen-bond donors (Lipinski definition) is 3. The van der Waals surface area contributed by atoms with Crippen LogP contribution >= 0.6 is 0 Å². The van der Waals surface area contributed by atoms with Gasteiger partial charge in [0.05, 0.1) is 25.2 Å². The Bertz CT molecular complexity index is 1040. The van der Waals surface area contributed by atoms with E-state index in [1.807, 2.05) is 0 Å². The van der Waals surface area contributed by atoms with Crippen LogP contribution in [0.3, 0.4) is 0 Å². The van der Waals surface area contributed by atoms with Crippen molar-refractivity contribution in [1.29, 1.82) is 0 Å². The Hall–Kier alpha value is -2.18. The summed E-state index contributed by atoms with van der Waals surface area (Å²) in [5.74, 6) is -0.506. The normalized spacial score (nSPS) is 13.6. The molecule has 0 rings (SSSR count). The van der Waals surface area contributed by atoms with Crippen molar-refractivity contribution < 1.29 is 24.5 Å². The number of aliphatic hydroxyl groups is 2. The van der Waals surface area contributed by atoms with E-state index >= 15 is 0 Å². The van der Waals surface area contributed by atoms with Crippen LogP contribution in [0, 0.1) is 0 Å². The first-order valence-electron chi connectivity index (χ1n) is 25.9. The summed E-state index contributed by atoms with van der Waals surface area (Å²) in [4.78, 5) is 26.1. The van der Waals surface area contributed by atoms with Crippen molar-refractivity contribution >= 4 is 11.9 Å². The number of unbranched alkanes of at least 4 members (excludes halogenated alkanes) is 26. The number of ether oxygens (including phenoxy) is 1. The summed E-state index contributed by atoms with van der Waals surface area (Å²) in [5, 5.41) is 23.8. The Morgan fingerprint density at radius 2 is 0.900 bits per heavy atom. The molecular formula is C54H99NO5. The minimum atomic E-state index is -0.791. The zero-order chi connectivity index (χ0) is 43.8. The lowest BCUT2D eigenvalue weighted by Gasteiger charge is -2.24. The number of aliphatic hydroxyl groups excluding tert-OH is 2. The molecule has 0 aromatic heterocycles. The summed E-state index contributed by atoms with van der Waals surface area (Å²) in [6.45, 7) is 6.36. The molecule has 0 fully saturated rings. The van der Waals surface area contributed by atoms with Crippen molar-refractivity contribution in [3.8, 4) is 0 Å². The lowest BCUT2D eigenvalue weighted by Crippen LogP contribution is -2.46. The molecule has 0 aliphatic heterocycles. The highest BCUT2D eigenvalue weighted by atomic mass is 16.5. The molecule has 0 aliphatic rings. The Morgan fingerprint density at radius 3 is 1.35 bits per heavy atom. The average Bonchev–Trinajstić information content (AvgIpc) is 3.24. The number of esters is 1. The number of carbonyl (C=O) groups is 2. The monoisotopic (exact) mass is 842 g/mol. The molecule has 60 heavy (non-hydrogen) atoms. The van der Waals surface area contributed by atoms with Crippen molar-refractivity contribution in [2.24, 2.45) is 0 Å². The first kappa shape index (κ1) is 57.8. The van der Waals surface area contributed by atoms with Crippen LogP contribution in [0.5, 0.6) is 0 Å². The second-order valence-electron chi connectivity index (χ2n) is 17.5. The van der Waals surface area contributed by atoms with E-state index in [-0.39, 0.29) is 24.9 Å². The largest absolute Gasteiger partial charge is 0.462 e. The second-order valence-corrected chi connectivity index (χ2v) is 17.5. The molecule has 0 bridgehead atoms. The highest BCUT2D eigenvalue weighted by Crippen LogP contribution is 2.18. The van der Waals surface area contributed by atoms with Crippen molar-refractivity contribution in [2.45, 2.75) is 277 Å². The molecule has 0 aromatic rings. The third kappa shape index (κ3) is 42.5. The molecule has 0 radical (unpaired) electrons. The molecule has 0 heterocycles. The van der Waals surface area contributed by atoms with E-state index < -0.39 is 18.2 Å². The minimum absolute atomic E-state index is 0.0663. The lowest BCUT2D eigenvalue weighted by atomic mass is 10.0. The van der Waals surface area contributed by atoms with Gasteiger partial charge in [-0.25, -0.2) is 0 Å². The molecular weight excluding hydrogens is 743 g/mol. The highest BCUT2D eigenvalue weighted by molar-refractivity contribution is 5.77. The topological polar surface area (TPSA) is 95.9 Å². The van der Waals surface area contributed by atoms with E-state index in [1.165, 1.54) is 122 Å². The SMILES string of the molecule is CC/C=C/C/C=C/C/C=C/C/C=C/CCCCCC(=O)OC(CCCCCCCCCCC)CC(=O)NC(CO)C(O)CCCCCCCCCCCCCCCCCC. The Balaban J connectivity index is 4.48. The minimum Gasteiger partial charge on any atom is -0.462 e. The van der Waals surface area contributed by atoms with Crippen LogP contribution in [-0.2, 0) is 14.3 Å². The summed E-state index contributed by atoms with van der Waals surface area (Å²) in [6, 6.07) is -0.705. The van der Waals surface area contributed by atoms with Crippen molar-refractivity contribution in [2.75, 3.05) is 6.61 Å². The van der Waals surface area contributed by atoms with Crippen LogP contribution < -0.4 is 5.32 Å². The first-order chi connectivity index (χ1) is 29.5. The van der Waals surface area contributed by atoms with Gasteiger partial charge in [0.1, 0.15) is 6.10 Å². The van der Waals surface area contributed by atoms with E-state index in [2.05, 4.69) is 74.7 Å². The predicted molar refractivity (Wildman–Crippen MR) is 259 cm³/mol. The third-order valence-corrected chi connectivity index (χ3v) is 11.7. The van der Waals surface area contributed by atoms with Gasteiger partial charge in [-0.1, -0.05) is 230 Å². The number of hydrogen-bond acceptors (Lipinski definition) is 5. The van der Waals surface area contributed by atoms with E-state index in [0.717, 1.165) is 89.9 Å². The summed E-state index contributed by atoms with van der Waals surface area (Å²) in [5.41, 5.74) is 0. The predicted octanol–water partition coefficient (Wildman–Crippen LogP) is 15.5. The van der Waals surface area contributed by atoms with Gasteiger partial charge in [-0.2, -0.15) is 0 Å². The molecule has 3 N–H and O–H groups in total. The van der Waals surface area contributed by atoms with Crippen LogP contribution in [-0.4, -0.2) is 46.9 Å². The Morgan fingerprint density at radius 1 is 0.500 bits per heavy atom. The van der Waals surface area contributed by atoms with E-state index in [4.69, 9.17) is 4.74 Å². The molecule has 6 nitrogen and oxygen atoms in total. The molecule has 0 aromatic carbocycles. The molecule has 0 spiro atoms. The standard InChI is InChI=1S/C54H99NO5/c1-4-7-10-13-16-19-21-23-25-27-29-31-34-37-40-43-46-52(57)51(49-56)55-53(58)48-50(45-42-39-36-33-18-15-12-9-6-3)60-54(59)47-44-41-38-35-32-30-28-26-24-22-20-17-14-11-8-5-2/h8,11,17,20,24,26,30,32,50-52,56-57H,4-7,9-10,12-16,18-19,21-23,25,27-29,31,33-49H2,1-3H3,(H,55,58)/b11-8+,20-17+,26-24+,32-30+. The molecule has 3 atom stereocenters. The fourth-order valence-electron chi connectivity index (χ4n) is 7.77. The van der Waals surface area contributed by atoms with E-state index in [1.54, 1.807) is 0 Å². The maximum absolute atomic E-state index is 13.2. The zero-order valence-corrected chi connectivity index (χ0v) is 39.8. The van der Waals surface area contributed by atoms with Crippen molar-refractivity contribution in [1.82, 2.24) is 5.32 Å². The van der Waals surface area contributed by atoms with Gasteiger partial charge in [-0.15, -0.1) is 0 Å². The van der Waals surface area contributed by atoms with Crippen LogP contribution in [0.15, 0.2) is 48.6 Å². The van der Waals surface area contributed by atoms with Gasteiger partial charge in [-0.05, 0) is 64.2 Å². The first-order valence-corrected chi connectivity index (χ1v) is 25.9. The fraction of sp³-hybridized carbons (Fsp3) is 0.815. The Kier molecular flexibility index (Phi) is 46.1. The smallest absolute Gasteiger partial charge is 0.306 e. The van der Waals surface area contributed by atoms with Crippen LogP contribution in [0.4, 0.5) is 0 Å². The zero-order valence-electron chi connectivity index (χ0n) is 39.8. The molecule has 1 amide bonds. The summed E-state index contributed by atoms with van der Waals surface area (Å²) in [6.07, 6.45) is 57.5. The quantitative estimate of drug-likeness (QED) is 0.0322. The summed E-state index contributed by atoms with van der Waals surface area (Å²) < 4.78 is 5.90. The van der Waals surface area contributed by atoms with E-state index in [9.17, 15) is 19.8 Å². The average molecular weight is 842 g/mol. The van der Waals surface area contributed by atoms with Gasteiger partial charge in [0.2, 0.25) is 5.91 Å². The molecule has 6 heteroatoms. The molecule has 3 unspecified atom stereocenters. The highest BCUT2D eigenvalue weighted by Gasteiger charge is 2.24. The van der Waals surface area contributed by atoms with Gasteiger partial charge >= 0.3 is 5.97 Å². The Labute approximate surface area is 372 Å². The second kappa shape index (κ2) is 47.9. The third-order valence-electron chi connectivity index (χ3n) is 11.7. The van der Waals surface area contributed by atoms with Crippen LogP contribution in [0.2, 0.25) is 0 Å². The van der Waals surface area contributed by atoms with Gasteiger partial charge in [0, 0.05) is 6.42 Å². The van der Waals surface area contributed by atoms with E-state index in [0.29, 0.717) is 19.3 Å². The summed E-state index contributed by atoms with van der Waals surface area (Å²) in [7, 11) is 0. The maximum Gasteiger partial charge on any atom is 0.306 e. The number of allylic oxidation sites excluding steroid dienone is 8. The molecule has 350 valence electrons. The molecule has 0 saturated carbocycles. The lowest BCUT2D eigenvalue weighted by molar-refractivity contribution is -0.151.